The summed E-state index contributed by atoms with van der Waals surface area (Å²) in [6.45, 7) is 3.06. The molecule has 2 aromatic rings. The molecule has 0 saturated carbocycles. The molecule has 1 unspecified atom stereocenters. The van der Waals surface area contributed by atoms with Crippen molar-refractivity contribution in [2.45, 2.75) is 24.7 Å². The summed E-state index contributed by atoms with van der Waals surface area (Å²) >= 11 is 6.23. The Labute approximate surface area is 199 Å². The van der Waals surface area contributed by atoms with Crippen LogP contribution in [0.2, 0.25) is 5.02 Å². The minimum absolute atomic E-state index is 0.0589. The zero-order valence-electron chi connectivity index (χ0n) is 18.8. The number of piperidine rings is 1. The third-order valence-corrected chi connectivity index (χ3v) is 6.83. The molecule has 0 radical (unpaired) electrons. The number of likely N-dealkylation sites (tertiary alicyclic amines) is 1. The smallest absolute Gasteiger partial charge is 0.239 e. The molecule has 2 aromatic carbocycles. The van der Waals surface area contributed by atoms with Crippen LogP contribution in [0, 0.1) is 5.82 Å². The molecule has 33 heavy (non-hydrogen) atoms. The summed E-state index contributed by atoms with van der Waals surface area (Å²) in [6, 6.07) is 12.4. The highest BCUT2D eigenvalue weighted by atomic mass is 35.5. The summed E-state index contributed by atoms with van der Waals surface area (Å²) in [6.07, 6.45) is 1.48. The van der Waals surface area contributed by atoms with Crippen molar-refractivity contribution in [3.05, 3.63) is 64.4 Å². The number of anilines is 1. The second kappa shape index (κ2) is 10.5. The number of amides is 2. The lowest BCUT2D eigenvalue weighted by Crippen LogP contribution is -2.43. The molecule has 8 heteroatoms. The maximum Gasteiger partial charge on any atom is 0.239 e. The van der Waals surface area contributed by atoms with Crippen LogP contribution in [0.1, 0.15) is 35.8 Å². The fourth-order valence-electron chi connectivity index (χ4n) is 4.86. The number of hydrogen-bond donors (Lipinski definition) is 2. The Hall–Kier alpha value is -2.64. The summed E-state index contributed by atoms with van der Waals surface area (Å²) in [5.74, 6) is -0.416. The van der Waals surface area contributed by atoms with Gasteiger partial charge in [-0.2, -0.15) is 0 Å². The van der Waals surface area contributed by atoms with Crippen molar-refractivity contribution in [3.63, 3.8) is 0 Å². The molecule has 2 heterocycles. The van der Waals surface area contributed by atoms with Gasteiger partial charge >= 0.3 is 0 Å². The van der Waals surface area contributed by atoms with Crippen LogP contribution in [-0.4, -0.2) is 63.0 Å². The van der Waals surface area contributed by atoms with E-state index in [4.69, 9.17) is 11.6 Å². The van der Waals surface area contributed by atoms with E-state index in [-0.39, 0.29) is 36.0 Å². The predicted molar refractivity (Wildman–Crippen MR) is 128 cm³/mol. The van der Waals surface area contributed by atoms with E-state index in [1.54, 1.807) is 12.1 Å². The number of carbonyl (C=O) groups is 2. The molecule has 2 aliphatic heterocycles. The second-order valence-corrected chi connectivity index (χ2v) is 9.15. The fraction of sp³-hybridized carbons (Fsp3) is 0.440. The number of fused-ring (bicyclic) bond motifs is 1. The average molecular weight is 473 g/mol. The van der Waals surface area contributed by atoms with Crippen molar-refractivity contribution in [2.75, 3.05) is 51.2 Å². The lowest BCUT2D eigenvalue weighted by Gasteiger charge is -2.34. The molecule has 1 atom stereocenters. The molecular formula is C25H30ClFN4O2. The SMILES string of the molecule is CNCCNC(=O)CN1CC(C(=O)N2CCC(c3ccccc3F)CC2)c2ccc(Cl)cc21. The lowest BCUT2D eigenvalue weighted by atomic mass is 9.88. The first kappa shape index (κ1) is 23.5. The largest absolute Gasteiger partial charge is 0.361 e. The molecule has 0 aromatic heterocycles. The van der Waals surface area contributed by atoms with Gasteiger partial charge in [0.15, 0.2) is 0 Å². The van der Waals surface area contributed by atoms with E-state index in [0.717, 1.165) is 29.7 Å². The van der Waals surface area contributed by atoms with Gasteiger partial charge in [0.25, 0.3) is 0 Å². The van der Waals surface area contributed by atoms with Gasteiger partial charge in [-0.25, -0.2) is 4.39 Å². The normalized spacial score (nSPS) is 18.3. The monoisotopic (exact) mass is 472 g/mol. The van der Waals surface area contributed by atoms with E-state index in [0.29, 0.717) is 37.7 Å². The maximum atomic E-state index is 14.2. The van der Waals surface area contributed by atoms with E-state index in [1.807, 2.05) is 41.1 Å². The minimum Gasteiger partial charge on any atom is -0.361 e. The van der Waals surface area contributed by atoms with Crippen LogP contribution in [0.15, 0.2) is 42.5 Å². The first-order valence-electron chi connectivity index (χ1n) is 11.5. The molecule has 0 bridgehead atoms. The third kappa shape index (κ3) is 5.31. The molecule has 1 fully saturated rings. The van der Waals surface area contributed by atoms with Crippen molar-refractivity contribution in [1.82, 2.24) is 15.5 Å². The van der Waals surface area contributed by atoms with Crippen molar-refractivity contribution < 1.29 is 14.0 Å². The van der Waals surface area contributed by atoms with Gasteiger partial charge in [-0.1, -0.05) is 35.9 Å². The average Bonchev–Trinajstić information content (AvgIpc) is 3.16. The zero-order chi connectivity index (χ0) is 23.4. The highest BCUT2D eigenvalue weighted by molar-refractivity contribution is 6.31. The number of halogens is 2. The first-order chi connectivity index (χ1) is 16.0. The highest BCUT2D eigenvalue weighted by Gasteiger charge is 2.38. The van der Waals surface area contributed by atoms with Gasteiger partial charge in [0.1, 0.15) is 5.82 Å². The molecule has 2 amide bonds. The van der Waals surface area contributed by atoms with E-state index >= 15 is 0 Å². The van der Waals surface area contributed by atoms with E-state index in [9.17, 15) is 14.0 Å². The summed E-state index contributed by atoms with van der Waals surface area (Å²) in [7, 11) is 1.83. The van der Waals surface area contributed by atoms with Crippen LogP contribution in [-0.2, 0) is 9.59 Å². The van der Waals surface area contributed by atoms with Gasteiger partial charge in [-0.3, -0.25) is 9.59 Å². The Bertz CT molecular complexity index is 1010. The third-order valence-electron chi connectivity index (χ3n) is 6.59. The molecular weight excluding hydrogens is 443 g/mol. The zero-order valence-corrected chi connectivity index (χ0v) is 19.6. The van der Waals surface area contributed by atoms with Crippen molar-refractivity contribution in [3.8, 4) is 0 Å². The van der Waals surface area contributed by atoms with Crippen molar-refractivity contribution >= 4 is 29.1 Å². The quantitative estimate of drug-likeness (QED) is 0.608. The fourth-order valence-corrected chi connectivity index (χ4v) is 5.02. The Morgan fingerprint density at radius 3 is 2.58 bits per heavy atom. The number of carbonyl (C=O) groups excluding carboxylic acids is 2. The van der Waals surface area contributed by atoms with E-state index < -0.39 is 0 Å². The van der Waals surface area contributed by atoms with Crippen LogP contribution >= 0.6 is 11.6 Å². The molecule has 1 saturated heterocycles. The van der Waals surface area contributed by atoms with Crippen molar-refractivity contribution in [1.29, 1.82) is 0 Å². The second-order valence-electron chi connectivity index (χ2n) is 8.71. The van der Waals surface area contributed by atoms with Gasteiger partial charge in [-0.05, 0) is 55.1 Å². The molecule has 4 rings (SSSR count). The van der Waals surface area contributed by atoms with Gasteiger partial charge in [0.05, 0.1) is 12.5 Å². The Kier molecular flexibility index (Phi) is 7.50. The van der Waals surface area contributed by atoms with Gasteiger partial charge in [0.2, 0.25) is 11.8 Å². The predicted octanol–water partition coefficient (Wildman–Crippen LogP) is 3.12. The van der Waals surface area contributed by atoms with Gasteiger partial charge in [-0.15, -0.1) is 0 Å². The van der Waals surface area contributed by atoms with Crippen LogP contribution < -0.4 is 15.5 Å². The summed E-state index contributed by atoms with van der Waals surface area (Å²) in [5, 5.41) is 6.46. The Balaban J connectivity index is 1.43. The Morgan fingerprint density at radius 2 is 1.85 bits per heavy atom. The van der Waals surface area contributed by atoms with Crippen LogP contribution in [0.5, 0.6) is 0 Å². The summed E-state index contributed by atoms with van der Waals surface area (Å²) < 4.78 is 14.2. The van der Waals surface area contributed by atoms with Gasteiger partial charge < -0.3 is 20.4 Å². The number of benzene rings is 2. The highest BCUT2D eigenvalue weighted by Crippen LogP contribution is 2.40. The van der Waals surface area contributed by atoms with E-state index in [2.05, 4.69) is 10.6 Å². The summed E-state index contributed by atoms with van der Waals surface area (Å²) in [5.41, 5.74) is 2.48. The maximum absolute atomic E-state index is 14.2. The number of nitrogens with zero attached hydrogens (tertiary/aromatic N) is 2. The number of nitrogens with one attached hydrogen (secondary N) is 2. The molecule has 0 spiro atoms. The topological polar surface area (TPSA) is 64.7 Å². The standard InChI is InChI=1S/C25H30ClFN4O2/c1-28-10-11-29-24(32)16-31-15-21(20-7-6-18(26)14-23(20)31)25(33)30-12-8-17(9-13-30)19-4-2-3-5-22(19)27/h2-7,14,17,21,28H,8-13,15-16H2,1H3,(H,29,32). The molecule has 6 nitrogen and oxygen atoms in total. The van der Waals surface area contributed by atoms with Gasteiger partial charge in [0, 0.05) is 43.4 Å². The van der Waals surface area contributed by atoms with Crippen LogP contribution in [0.25, 0.3) is 0 Å². The first-order valence-corrected chi connectivity index (χ1v) is 11.8. The lowest BCUT2D eigenvalue weighted by molar-refractivity contribution is -0.133. The minimum atomic E-state index is -0.340. The molecule has 176 valence electrons. The van der Waals surface area contributed by atoms with Crippen LogP contribution in [0.4, 0.5) is 10.1 Å². The number of hydrogen-bond acceptors (Lipinski definition) is 4. The van der Waals surface area contributed by atoms with Crippen molar-refractivity contribution in [2.24, 2.45) is 0 Å². The molecule has 2 aliphatic rings. The summed E-state index contributed by atoms with van der Waals surface area (Å²) in [4.78, 5) is 29.7. The number of rotatable bonds is 7. The molecule has 2 N–H and O–H groups in total. The number of likely N-dealkylation sites (N-methyl/N-ethyl adjacent to an activating group) is 1. The van der Waals surface area contributed by atoms with E-state index in [1.165, 1.54) is 6.07 Å². The Morgan fingerprint density at radius 1 is 1.09 bits per heavy atom. The molecule has 0 aliphatic carbocycles. The van der Waals surface area contributed by atoms with Crippen LogP contribution in [0.3, 0.4) is 0 Å².